The predicted molar refractivity (Wildman–Crippen MR) is 277 cm³/mol. The zero-order chi connectivity index (χ0) is 51.5. The summed E-state index contributed by atoms with van der Waals surface area (Å²) in [4.78, 5) is 3.44. The molecule has 0 saturated heterocycles. The molecule has 0 aliphatic heterocycles. The van der Waals surface area contributed by atoms with Gasteiger partial charge >= 0.3 is 0 Å². The van der Waals surface area contributed by atoms with E-state index in [9.17, 15) is 25.9 Å². The Bertz CT molecular complexity index is 3410. The second kappa shape index (κ2) is 24.4. The van der Waals surface area contributed by atoms with Gasteiger partial charge in [0.05, 0.1) is 36.1 Å². The zero-order valence-electron chi connectivity index (χ0n) is 38.3. The molecule has 8 aromatic carbocycles. The van der Waals surface area contributed by atoms with E-state index >= 15 is 0 Å². The molecule has 0 fully saturated rings. The van der Waals surface area contributed by atoms with Gasteiger partial charge in [0, 0.05) is 24.5 Å². The molecule has 8 aromatic rings. The summed E-state index contributed by atoms with van der Waals surface area (Å²) >= 11 is 4.27. The van der Waals surface area contributed by atoms with Crippen molar-refractivity contribution in [2.24, 2.45) is 0 Å². The molecule has 0 spiro atoms. The van der Waals surface area contributed by atoms with Crippen LogP contribution >= 0.6 is 47.6 Å². The zero-order valence-corrected chi connectivity index (χ0v) is 43.2. The minimum Gasteiger partial charge on any atom is -0.497 e. The SMILES string of the molecule is COc1ccc(Oc2ccc(Oc3ccc(Cc4ccc(Sc5ccc(-c6ccc(Sc7ccc(Cc8ccc(C)c(SOOO)c8)cc7S(=O)(=O)O)cc6)cc5)c(SOOO)c4)cc3S(=O)(=O)O)cc2)cc1. The summed E-state index contributed by atoms with van der Waals surface area (Å²) in [5, 5.41) is 25.2. The Morgan fingerprint density at radius 2 is 0.863 bits per heavy atom. The predicted octanol–water partition coefficient (Wildman–Crippen LogP) is 14.1. The van der Waals surface area contributed by atoms with Crippen molar-refractivity contribution in [3.05, 3.63) is 198 Å². The van der Waals surface area contributed by atoms with Gasteiger partial charge in [0.25, 0.3) is 20.2 Å². The summed E-state index contributed by atoms with van der Waals surface area (Å²) in [5.41, 5.74) is 5.55. The number of rotatable bonds is 22. The number of aryl methyl sites for hydroxylation is 1. The second-order valence-electron chi connectivity index (χ2n) is 15.8. The number of methoxy groups -OCH3 is 1. The lowest BCUT2D eigenvalue weighted by Gasteiger charge is -2.13. The molecule has 15 nitrogen and oxygen atoms in total. The lowest BCUT2D eigenvalue weighted by molar-refractivity contribution is -0.432. The quantitative estimate of drug-likeness (QED) is 0.0215. The molecule has 376 valence electrons. The molecule has 0 bridgehead atoms. The van der Waals surface area contributed by atoms with Crippen LogP contribution in [0.25, 0.3) is 11.1 Å². The summed E-state index contributed by atoms with van der Waals surface area (Å²) < 4.78 is 97.1. The monoisotopic (exact) mass is 1100 g/mol. The molecular weight excluding hydrogens is 1060 g/mol. The normalized spacial score (nSPS) is 11.6. The van der Waals surface area contributed by atoms with E-state index in [4.69, 9.17) is 29.1 Å². The first kappa shape index (κ1) is 53.4. The third-order valence-corrected chi connectivity index (χ3v) is 16.4. The molecule has 4 N–H and O–H groups in total. The van der Waals surface area contributed by atoms with Crippen LogP contribution in [0.2, 0.25) is 0 Å². The van der Waals surface area contributed by atoms with Crippen LogP contribution in [0, 0.1) is 6.92 Å². The Morgan fingerprint density at radius 3 is 1.38 bits per heavy atom. The van der Waals surface area contributed by atoms with E-state index < -0.39 is 25.1 Å². The largest absolute Gasteiger partial charge is 0.497 e. The molecule has 0 aliphatic rings. The fraction of sp³-hybridized carbons (Fsp3) is 0.0769. The Morgan fingerprint density at radius 1 is 0.438 bits per heavy atom. The highest BCUT2D eigenvalue weighted by molar-refractivity contribution is 8.01. The molecule has 0 aromatic heterocycles. The van der Waals surface area contributed by atoms with Gasteiger partial charge < -0.3 is 14.2 Å². The van der Waals surface area contributed by atoms with E-state index in [1.807, 2.05) is 91.9 Å². The van der Waals surface area contributed by atoms with Crippen molar-refractivity contribution >= 4 is 67.8 Å². The van der Waals surface area contributed by atoms with Crippen LogP contribution < -0.4 is 14.2 Å². The Labute approximate surface area is 438 Å². The standard InChI is InChI=1S/C52H42O15S6/c1-33-3-4-34(29-49(33)70-66-64-53)27-37-7-26-48(52(32-37)73(58,59)60)69-45-22-10-39(11-23-45)38-8-20-44(21-9-38)68-47-25-6-35(30-50(47)71-67-65-54)28-36-5-24-46(51(31-36)72(55,56)57)63-43-18-16-42(17-19-43)62-41-14-12-40(61-2)13-15-41/h3-26,29-32,53-54H,27-28H2,1-2H3,(H,55,56,57)(H,58,59,60). The molecule has 21 heteroatoms. The van der Waals surface area contributed by atoms with Crippen LogP contribution in [-0.2, 0) is 51.8 Å². The van der Waals surface area contributed by atoms with Gasteiger partial charge in [-0.1, -0.05) is 88.2 Å². The molecule has 0 heterocycles. The molecule has 0 aliphatic carbocycles. The molecule has 0 atom stereocenters. The number of hydrogen-bond donors (Lipinski definition) is 4. The van der Waals surface area contributed by atoms with Gasteiger partial charge in [0.15, 0.2) is 0 Å². The minimum atomic E-state index is -4.71. The topological polar surface area (TPSA) is 214 Å². The molecule has 0 amide bonds. The van der Waals surface area contributed by atoms with Gasteiger partial charge in [-0.2, -0.15) is 16.8 Å². The van der Waals surface area contributed by atoms with Gasteiger partial charge in [-0.05, 0) is 174 Å². The summed E-state index contributed by atoms with van der Waals surface area (Å²) in [5.74, 6) is 2.05. The molecule has 73 heavy (non-hydrogen) atoms. The van der Waals surface area contributed by atoms with Crippen molar-refractivity contribution in [2.75, 3.05) is 7.11 Å². The van der Waals surface area contributed by atoms with E-state index in [0.29, 0.717) is 55.2 Å². The summed E-state index contributed by atoms with van der Waals surface area (Å²) in [7, 11) is -7.70. The van der Waals surface area contributed by atoms with Crippen molar-refractivity contribution in [3.8, 4) is 39.9 Å². The minimum absolute atomic E-state index is 0.0714. The summed E-state index contributed by atoms with van der Waals surface area (Å²) in [6.07, 6.45) is 0.628. The fourth-order valence-corrected chi connectivity index (χ4v) is 11.8. The van der Waals surface area contributed by atoms with E-state index in [0.717, 1.165) is 66.6 Å². The molecular formula is C52H42O15S6. The Balaban J connectivity index is 0.912. The number of benzene rings is 8. The smallest absolute Gasteiger partial charge is 0.298 e. The number of hydrogen-bond acceptors (Lipinski definition) is 17. The first-order valence-electron chi connectivity index (χ1n) is 21.5. The van der Waals surface area contributed by atoms with Gasteiger partial charge in [-0.3, -0.25) is 9.11 Å². The van der Waals surface area contributed by atoms with Crippen molar-refractivity contribution in [3.63, 3.8) is 0 Å². The van der Waals surface area contributed by atoms with E-state index in [2.05, 4.69) is 14.4 Å². The molecule has 0 radical (unpaired) electrons. The second-order valence-corrected chi connectivity index (χ2v) is 22.3. The third-order valence-electron chi connectivity index (χ3n) is 10.8. The lowest BCUT2D eigenvalue weighted by atomic mass is 10.0. The van der Waals surface area contributed by atoms with E-state index in [-0.39, 0.29) is 17.1 Å². The maximum absolute atomic E-state index is 12.6. The first-order chi connectivity index (χ1) is 35.1. The van der Waals surface area contributed by atoms with Crippen LogP contribution in [-0.4, -0.2) is 43.6 Å². The maximum Gasteiger partial charge on any atom is 0.298 e. The van der Waals surface area contributed by atoms with Gasteiger partial charge in [0.2, 0.25) is 0 Å². The van der Waals surface area contributed by atoms with Crippen molar-refractivity contribution in [2.45, 2.75) is 58.9 Å². The fourth-order valence-electron chi connectivity index (χ4n) is 7.30. The van der Waals surface area contributed by atoms with Crippen LogP contribution in [0.3, 0.4) is 0 Å². The van der Waals surface area contributed by atoms with Crippen LogP contribution in [0.5, 0.6) is 28.7 Å². The molecule has 0 saturated carbocycles. The first-order valence-corrected chi connectivity index (χ1v) is 27.5. The van der Waals surface area contributed by atoms with Crippen molar-refractivity contribution < 1.29 is 69.4 Å². The molecule has 0 unspecified atom stereocenters. The van der Waals surface area contributed by atoms with E-state index in [1.165, 1.54) is 41.7 Å². The maximum atomic E-state index is 12.6. The summed E-state index contributed by atoms with van der Waals surface area (Å²) in [6.45, 7) is 1.87. The molecule has 8 rings (SSSR count). The van der Waals surface area contributed by atoms with Gasteiger partial charge in [0.1, 0.15) is 38.5 Å². The van der Waals surface area contributed by atoms with Gasteiger partial charge in [-0.25, -0.2) is 10.5 Å². The van der Waals surface area contributed by atoms with Crippen molar-refractivity contribution in [1.29, 1.82) is 0 Å². The highest BCUT2D eigenvalue weighted by Crippen LogP contribution is 2.40. The third kappa shape index (κ3) is 14.7. The average Bonchev–Trinajstić information content (AvgIpc) is 3.38. The highest BCUT2D eigenvalue weighted by Gasteiger charge is 2.21. The Hall–Kier alpha value is -5.86. The van der Waals surface area contributed by atoms with Crippen LogP contribution in [0.4, 0.5) is 0 Å². The summed E-state index contributed by atoms with van der Waals surface area (Å²) in [6, 6.07) is 49.6. The average molecular weight is 1100 g/mol. The lowest BCUT2D eigenvalue weighted by Crippen LogP contribution is -2.03. The number of ether oxygens (including phenoxy) is 3. The van der Waals surface area contributed by atoms with Crippen molar-refractivity contribution in [1.82, 2.24) is 0 Å². The highest BCUT2D eigenvalue weighted by atomic mass is 32.2. The van der Waals surface area contributed by atoms with Gasteiger partial charge in [-0.15, -0.1) is 8.67 Å². The van der Waals surface area contributed by atoms with Crippen LogP contribution in [0.15, 0.2) is 209 Å². The van der Waals surface area contributed by atoms with E-state index in [1.54, 1.807) is 73.8 Å². The Kier molecular flexibility index (Phi) is 17.9. The van der Waals surface area contributed by atoms with Crippen LogP contribution in [0.1, 0.15) is 27.8 Å².